The predicted molar refractivity (Wildman–Crippen MR) is 115 cm³/mol. The Kier molecular flexibility index (Phi) is 4.78. The van der Waals surface area contributed by atoms with Gasteiger partial charge < -0.3 is 9.64 Å². The second-order valence-electron chi connectivity index (χ2n) is 7.05. The van der Waals surface area contributed by atoms with E-state index in [4.69, 9.17) is 4.74 Å². The molecule has 158 valence electrons. The lowest BCUT2D eigenvalue weighted by Gasteiger charge is -2.22. The van der Waals surface area contributed by atoms with Crippen molar-refractivity contribution in [2.75, 3.05) is 16.3 Å². The van der Waals surface area contributed by atoms with E-state index >= 15 is 0 Å². The third kappa shape index (κ3) is 3.23. The Morgan fingerprint density at radius 3 is 2.26 bits per heavy atom. The van der Waals surface area contributed by atoms with Gasteiger partial charge in [0, 0.05) is 37.2 Å². The van der Waals surface area contributed by atoms with Crippen molar-refractivity contribution in [2.45, 2.75) is 18.7 Å². The van der Waals surface area contributed by atoms with Crippen LogP contribution in [0.25, 0.3) is 10.8 Å². The quantitative estimate of drug-likeness (QED) is 0.458. The minimum Gasteiger partial charge on any atom is -0.427 e. The van der Waals surface area contributed by atoms with Crippen molar-refractivity contribution in [1.29, 1.82) is 0 Å². The number of hydrogen-bond donors (Lipinski definition) is 0. The first-order chi connectivity index (χ1) is 14.6. The summed E-state index contributed by atoms with van der Waals surface area (Å²) in [5, 5.41) is 0.889. The molecule has 0 N–H and O–H groups in total. The van der Waals surface area contributed by atoms with Crippen molar-refractivity contribution in [2.24, 2.45) is 0 Å². The lowest BCUT2D eigenvalue weighted by molar-refractivity contribution is -0.131. The molecule has 1 aliphatic rings. The number of sulfonamides is 1. The first-order valence-corrected chi connectivity index (χ1v) is 10.7. The Hall–Kier alpha value is -3.72. The van der Waals surface area contributed by atoms with Crippen LogP contribution >= 0.6 is 0 Å². The van der Waals surface area contributed by atoms with E-state index in [1.165, 1.54) is 42.2 Å². The number of amides is 2. The van der Waals surface area contributed by atoms with E-state index < -0.39 is 21.9 Å². The molecule has 1 heterocycles. The molecular weight excluding hydrogens is 420 g/mol. The van der Waals surface area contributed by atoms with Gasteiger partial charge in [-0.1, -0.05) is 12.1 Å². The lowest BCUT2D eigenvalue weighted by Crippen LogP contribution is -2.35. The fraction of sp³-hybridized carbons (Fsp3) is 0.136. The summed E-state index contributed by atoms with van der Waals surface area (Å²) in [5.41, 5.74) is 1.11. The molecule has 1 aliphatic heterocycles. The first kappa shape index (κ1) is 20.5. The zero-order chi connectivity index (χ0) is 22.5. The second-order valence-corrected chi connectivity index (χ2v) is 8.81. The molecule has 3 aromatic carbocycles. The SMILES string of the molecule is CC(=O)Oc1ccc(N(C(C)=O)S(=O)(=O)c2ccc3c4c(cccc24)C(=O)N3C)cc1. The van der Waals surface area contributed by atoms with Crippen molar-refractivity contribution >= 4 is 50.0 Å². The summed E-state index contributed by atoms with van der Waals surface area (Å²) in [6.07, 6.45) is 0. The van der Waals surface area contributed by atoms with Crippen molar-refractivity contribution in [3.63, 3.8) is 0 Å². The highest BCUT2D eigenvalue weighted by atomic mass is 32.2. The summed E-state index contributed by atoms with van der Waals surface area (Å²) in [6.45, 7) is 2.40. The molecule has 0 saturated heterocycles. The normalized spacial score (nSPS) is 12.9. The summed E-state index contributed by atoms with van der Waals surface area (Å²) in [7, 11) is -2.69. The van der Waals surface area contributed by atoms with Gasteiger partial charge in [0.1, 0.15) is 5.75 Å². The number of anilines is 2. The molecule has 0 fully saturated rings. The largest absolute Gasteiger partial charge is 0.427 e. The van der Waals surface area contributed by atoms with Gasteiger partial charge in [-0.3, -0.25) is 14.4 Å². The van der Waals surface area contributed by atoms with E-state index in [9.17, 15) is 22.8 Å². The van der Waals surface area contributed by atoms with Crippen molar-refractivity contribution < 1.29 is 27.5 Å². The van der Waals surface area contributed by atoms with Crippen molar-refractivity contribution in [1.82, 2.24) is 0 Å². The zero-order valence-corrected chi connectivity index (χ0v) is 17.8. The van der Waals surface area contributed by atoms with Gasteiger partial charge in [0.2, 0.25) is 5.91 Å². The van der Waals surface area contributed by atoms with Crippen LogP contribution < -0.4 is 13.9 Å². The number of hydrogen-bond acceptors (Lipinski definition) is 6. The summed E-state index contributed by atoms with van der Waals surface area (Å²) >= 11 is 0. The number of nitrogens with zero attached hydrogens (tertiary/aromatic N) is 2. The predicted octanol–water partition coefficient (Wildman–Crippen LogP) is 3.10. The molecule has 0 atom stereocenters. The molecule has 0 radical (unpaired) electrons. The fourth-order valence-corrected chi connectivity index (χ4v) is 5.36. The fourth-order valence-electron chi connectivity index (χ4n) is 3.74. The van der Waals surface area contributed by atoms with E-state index in [1.807, 2.05) is 0 Å². The van der Waals surface area contributed by atoms with Gasteiger partial charge in [-0.25, -0.2) is 12.7 Å². The third-order valence-corrected chi connectivity index (χ3v) is 6.87. The lowest BCUT2D eigenvalue weighted by atomic mass is 10.1. The van der Waals surface area contributed by atoms with Crippen LogP contribution in [-0.4, -0.2) is 33.2 Å². The Bertz CT molecular complexity index is 1360. The van der Waals surface area contributed by atoms with Crippen LogP contribution in [0, 0.1) is 0 Å². The summed E-state index contributed by atoms with van der Waals surface area (Å²) < 4.78 is 32.8. The molecule has 4 rings (SSSR count). The number of esters is 1. The molecule has 0 unspecified atom stereocenters. The molecule has 0 saturated carbocycles. The van der Waals surface area contributed by atoms with Gasteiger partial charge in [0.15, 0.2) is 0 Å². The van der Waals surface area contributed by atoms with Crippen molar-refractivity contribution in [3.05, 3.63) is 60.2 Å². The Labute approximate surface area is 178 Å². The third-order valence-electron chi connectivity index (χ3n) is 5.01. The molecule has 9 heteroatoms. The minimum atomic E-state index is -4.31. The van der Waals surface area contributed by atoms with E-state index in [1.54, 1.807) is 31.3 Å². The highest BCUT2D eigenvalue weighted by molar-refractivity contribution is 7.93. The molecule has 0 aromatic heterocycles. The van der Waals surface area contributed by atoms with Gasteiger partial charge >= 0.3 is 5.97 Å². The van der Waals surface area contributed by atoms with E-state index in [2.05, 4.69) is 0 Å². The highest BCUT2D eigenvalue weighted by Gasteiger charge is 2.34. The van der Waals surface area contributed by atoms with Gasteiger partial charge in [0.05, 0.1) is 16.3 Å². The molecule has 8 nitrogen and oxygen atoms in total. The summed E-state index contributed by atoms with van der Waals surface area (Å²) in [4.78, 5) is 37.4. The van der Waals surface area contributed by atoms with Gasteiger partial charge in [-0.2, -0.15) is 0 Å². The summed E-state index contributed by atoms with van der Waals surface area (Å²) in [5.74, 6) is -1.23. The standard InChI is InChI=1S/C22H18N2O6S/c1-13(25)24(15-7-9-16(10-8-15)30-14(2)26)31(28,29)20-12-11-19-21-17(20)5-4-6-18(21)22(27)23(19)3/h4-12H,1-3H3. The molecule has 0 aliphatic carbocycles. The molecule has 31 heavy (non-hydrogen) atoms. The van der Waals surface area contributed by atoms with Gasteiger partial charge in [-0.15, -0.1) is 0 Å². The van der Waals surface area contributed by atoms with Crippen LogP contribution in [0.2, 0.25) is 0 Å². The van der Waals surface area contributed by atoms with Crippen LogP contribution in [0.4, 0.5) is 11.4 Å². The van der Waals surface area contributed by atoms with E-state index in [-0.39, 0.29) is 22.2 Å². The molecule has 0 bridgehead atoms. The number of ether oxygens (including phenoxy) is 1. The highest BCUT2D eigenvalue weighted by Crippen LogP contribution is 2.40. The topological polar surface area (TPSA) is 101 Å². The monoisotopic (exact) mass is 438 g/mol. The zero-order valence-electron chi connectivity index (χ0n) is 16.9. The maximum absolute atomic E-state index is 13.6. The van der Waals surface area contributed by atoms with Crippen LogP contribution in [0.1, 0.15) is 24.2 Å². The molecule has 2 amide bonds. The Balaban J connectivity index is 1.87. The molecule has 3 aromatic rings. The van der Waals surface area contributed by atoms with Crippen LogP contribution in [0.3, 0.4) is 0 Å². The second kappa shape index (κ2) is 7.21. The summed E-state index contributed by atoms with van der Waals surface area (Å²) in [6, 6.07) is 13.4. The molecular formula is C22H18N2O6S. The molecule has 0 spiro atoms. The van der Waals surface area contributed by atoms with E-state index in [0.29, 0.717) is 26.3 Å². The number of carbonyl (C=O) groups excluding carboxylic acids is 3. The van der Waals surface area contributed by atoms with Gasteiger partial charge in [0.25, 0.3) is 15.9 Å². The average molecular weight is 438 g/mol. The van der Waals surface area contributed by atoms with Crippen molar-refractivity contribution in [3.8, 4) is 5.75 Å². The van der Waals surface area contributed by atoms with Crippen LogP contribution in [-0.2, 0) is 19.6 Å². The Morgan fingerprint density at radius 1 is 0.968 bits per heavy atom. The first-order valence-electron chi connectivity index (χ1n) is 9.31. The smallest absolute Gasteiger partial charge is 0.308 e. The van der Waals surface area contributed by atoms with Crippen LogP contribution in [0.15, 0.2) is 59.5 Å². The van der Waals surface area contributed by atoms with Gasteiger partial charge in [-0.05, 0) is 42.5 Å². The average Bonchev–Trinajstić information content (AvgIpc) is 2.95. The Morgan fingerprint density at radius 2 is 1.65 bits per heavy atom. The number of benzene rings is 3. The minimum absolute atomic E-state index is 0.0875. The maximum atomic E-state index is 13.6. The van der Waals surface area contributed by atoms with Crippen LogP contribution in [0.5, 0.6) is 5.75 Å². The number of carbonyl (C=O) groups is 3. The van der Waals surface area contributed by atoms with E-state index in [0.717, 1.165) is 6.92 Å². The number of rotatable bonds is 4. The maximum Gasteiger partial charge on any atom is 0.308 e.